The molecule has 0 heterocycles. The molecule has 0 aromatic heterocycles. The molecule has 0 spiro atoms. The second-order valence-corrected chi connectivity index (χ2v) is 6.11. The van der Waals surface area contributed by atoms with Crippen LogP contribution in [-0.2, 0) is 4.79 Å². The number of hydrogen-bond donors (Lipinski definition) is 1. The summed E-state index contributed by atoms with van der Waals surface area (Å²) in [5.74, 6) is 1.02. The molecule has 3 nitrogen and oxygen atoms in total. The van der Waals surface area contributed by atoms with Crippen molar-refractivity contribution in [3.05, 3.63) is 58.6 Å². The van der Waals surface area contributed by atoms with Gasteiger partial charge in [0.25, 0.3) is 5.91 Å². The van der Waals surface area contributed by atoms with Crippen molar-refractivity contribution in [2.75, 3.05) is 11.9 Å². The van der Waals surface area contributed by atoms with Crippen molar-refractivity contribution in [2.45, 2.75) is 26.2 Å². The molecule has 2 rings (SSSR count). The average molecular weight is 362 g/mol. The number of ether oxygens (including phenoxy) is 1. The lowest BCUT2D eigenvalue weighted by atomic mass is 9.98. The first-order valence-electron chi connectivity index (χ1n) is 7.37. The largest absolute Gasteiger partial charge is 0.483 e. The minimum Gasteiger partial charge on any atom is -0.483 e. The summed E-state index contributed by atoms with van der Waals surface area (Å²) in [6.07, 6.45) is 1.03. The van der Waals surface area contributed by atoms with Gasteiger partial charge in [0.1, 0.15) is 5.75 Å². The summed E-state index contributed by atoms with van der Waals surface area (Å²) in [4.78, 5) is 12.0. The van der Waals surface area contributed by atoms with E-state index in [1.807, 2.05) is 42.5 Å². The minimum atomic E-state index is -0.169. The molecule has 116 valence electrons. The van der Waals surface area contributed by atoms with Gasteiger partial charge in [-0.2, -0.15) is 0 Å². The third-order valence-corrected chi connectivity index (χ3v) is 4.02. The van der Waals surface area contributed by atoms with Crippen LogP contribution in [0.3, 0.4) is 0 Å². The summed E-state index contributed by atoms with van der Waals surface area (Å²) in [7, 11) is 0. The fourth-order valence-corrected chi connectivity index (χ4v) is 2.54. The van der Waals surface area contributed by atoms with E-state index >= 15 is 0 Å². The van der Waals surface area contributed by atoms with Gasteiger partial charge in [0.15, 0.2) is 6.61 Å². The summed E-state index contributed by atoms with van der Waals surface area (Å²) < 4.78 is 6.62. The van der Waals surface area contributed by atoms with Crippen molar-refractivity contribution >= 4 is 27.5 Å². The number of para-hydroxylation sites is 1. The van der Waals surface area contributed by atoms with E-state index < -0.39 is 0 Å². The molecule has 2 aromatic rings. The van der Waals surface area contributed by atoms with E-state index in [2.05, 4.69) is 41.2 Å². The van der Waals surface area contributed by atoms with Crippen molar-refractivity contribution in [3.8, 4) is 5.75 Å². The van der Waals surface area contributed by atoms with E-state index in [1.54, 1.807) is 0 Å². The summed E-state index contributed by atoms with van der Waals surface area (Å²) in [6, 6.07) is 15.4. The number of hydrogen-bond acceptors (Lipinski definition) is 2. The number of amides is 1. The zero-order valence-corrected chi connectivity index (χ0v) is 14.4. The molecule has 0 aliphatic heterocycles. The van der Waals surface area contributed by atoms with Crippen LogP contribution in [0.25, 0.3) is 0 Å². The monoisotopic (exact) mass is 361 g/mol. The van der Waals surface area contributed by atoms with Crippen LogP contribution in [0, 0.1) is 0 Å². The van der Waals surface area contributed by atoms with E-state index in [0.717, 1.165) is 27.9 Å². The molecular formula is C18H20BrNO2. The quantitative estimate of drug-likeness (QED) is 0.787. The lowest BCUT2D eigenvalue weighted by molar-refractivity contribution is -0.118. The molecule has 1 unspecified atom stereocenters. The maximum absolute atomic E-state index is 12.0. The van der Waals surface area contributed by atoms with Crippen molar-refractivity contribution < 1.29 is 9.53 Å². The van der Waals surface area contributed by atoms with E-state index in [4.69, 9.17) is 4.74 Å². The first-order valence-corrected chi connectivity index (χ1v) is 8.16. The van der Waals surface area contributed by atoms with Crippen LogP contribution in [0.15, 0.2) is 53.0 Å². The summed E-state index contributed by atoms with van der Waals surface area (Å²) in [6.45, 7) is 4.30. The highest BCUT2D eigenvalue weighted by atomic mass is 79.9. The topological polar surface area (TPSA) is 38.3 Å². The zero-order chi connectivity index (χ0) is 15.9. The summed E-state index contributed by atoms with van der Waals surface area (Å²) in [5.41, 5.74) is 1.89. The van der Waals surface area contributed by atoms with Gasteiger partial charge in [-0.1, -0.05) is 54.0 Å². The molecule has 0 bridgehead atoms. The predicted octanol–water partition coefficient (Wildman–Crippen LogP) is 4.98. The first-order chi connectivity index (χ1) is 10.6. The van der Waals surface area contributed by atoms with Gasteiger partial charge in [0, 0.05) is 10.2 Å². The Kier molecular flexibility index (Phi) is 6.01. The van der Waals surface area contributed by atoms with E-state index in [9.17, 15) is 4.79 Å². The minimum absolute atomic E-state index is 0.0000387. The lowest BCUT2D eigenvalue weighted by Gasteiger charge is -2.15. The van der Waals surface area contributed by atoms with Crippen LogP contribution >= 0.6 is 15.9 Å². The number of nitrogens with one attached hydrogen (secondary N) is 1. The summed E-state index contributed by atoms with van der Waals surface area (Å²) >= 11 is 3.38. The molecule has 4 heteroatoms. The van der Waals surface area contributed by atoms with E-state index in [1.165, 1.54) is 0 Å². The van der Waals surface area contributed by atoms with Crippen molar-refractivity contribution in [1.82, 2.24) is 0 Å². The van der Waals surface area contributed by atoms with E-state index in [0.29, 0.717) is 5.92 Å². The SMILES string of the molecule is CCC(C)c1ccccc1OCC(=O)Nc1cccc(Br)c1. The molecule has 0 saturated carbocycles. The van der Waals surface area contributed by atoms with Crippen molar-refractivity contribution in [1.29, 1.82) is 0 Å². The summed E-state index contributed by atoms with van der Waals surface area (Å²) in [5, 5.41) is 2.82. The maximum Gasteiger partial charge on any atom is 0.262 e. The number of carbonyl (C=O) groups excluding carboxylic acids is 1. The molecule has 1 atom stereocenters. The number of anilines is 1. The van der Waals surface area contributed by atoms with Crippen LogP contribution in [0.2, 0.25) is 0 Å². The van der Waals surface area contributed by atoms with Gasteiger partial charge in [0.2, 0.25) is 0 Å². The normalized spacial score (nSPS) is 11.8. The lowest BCUT2D eigenvalue weighted by Crippen LogP contribution is -2.20. The van der Waals surface area contributed by atoms with Crippen LogP contribution in [0.4, 0.5) is 5.69 Å². The van der Waals surface area contributed by atoms with Gasteiger partial charge < -0.3 is 10.1 Å². The standard InChI is InChI=1S/C18H20BrNO2/c1-3-13(2)16-9-4-5-10-17(16)22-12-18(21)20-15-8-6-7-14(19)11-15/h4-11,13H,3,12H2,1-2H3,(H,20,21). The van der Waals surface area contributed by atoms with Gasteiger partial charge >= 0.3 is 0 Å². The maximum atomic E-state index is 12.0. The van der Waals surface area contributed by atoms with Crippen LogP contribution in [-0.4, -0.2) is 12.5 Å². The van der Waals surface area contributed by atoms with Gasteiger partial charge in [-0.05, 0) is 42.2 Å². The molecule has 0 aliphatic carbocycles. The second-order valence-electron chi connectivity index (χ2n) is 5.19. The number of rotatable bonds is 6. The molecule has 22 heavy (non-hydrogen) atoms. The van der Waals surface area contributed by atoms with Crippen LogP contribution in [0.5, 0.6) is 5.75 Å². The van der Waals surface area contributed by atoms with Gasteiger partial charge in [-0.3, -0.25) is 4.79 Å². The number of carbonyl (C=O) groups is 1. The molecule has 1 amide bonds. The second kappa shape index (κ2) is 7.99. The van der Waals surface area contributed by atoms with Crippen molar-refractivity contribution in [2.24, 2.45) is 0 Å². The van der Waals surface area contributed by atoms with Crippen LogP contribution < -0.4 is 10.1 Å². The molecule has 0 fully saturated rings. The van der Waals surface area contributed by atoms with Gasteiger partial charge in [0.05, 0.1) is 0 Å². The number of benzene rings is 2. The Bertz CT molecular complexity index is 642. The zero-order valence-electron chi connectivity index (χ0n) is 12.8. The fourth-order valence-electron chi connectivity index (χ4n) is 2.15. The Morgan fingerprint density at radius 3 is 2.73 bits per heavy atom. The fraction of sp³-hybridized carbons (Fsp3) is 0.278. The molecule has 2 aromatic carbocycles. The van der Waals surface area contributed by atoms with Gasteiger partial charge in [-0.25, -0.2) is 0 Å². The Morgan fingerprint density at radius 2 is 2.00 bits per heavy atom. The third-order valence-electron chi connectivity index (χ3n) is 3.53. The third kappa shape index (κ3) is 4.60. The molecule has 0 aliphatic rings. The van der Waals surface area contributed by atoms with Gasteiger partial charge in [-0.15, -0.1) is 0 Å². The Balaban J connectivity index is 1.97. The highest BCUT2D eigenvalue weighted by Gasteiger charge is 2.11. The average Bonchev–Trinajstić information content (AvgIpc) is 2.52. The molecular weight excluding hydrogens is 342 g/mol. The predicted molar refractivity (Wildman–Crippen MR) is 93.4 cm³/mol. The Morgan fingerprint density at radius 1 is 1.23 bits per heavy atom. The molecule has 0 saturated heterocycles. The smallest absolute Gasteiger partial charge is 0.262 e. The molecule has 0 radical (unpaired) electrons. The highest BCUT2D eigenvalue weighted by Crippen LogP contribution is 2.28. The van der Waals surface area contributed by atoms with Crippen molar-refractivity contribution in [3.63, 3.8) is 0 Å². The Hall–Kier alpha value is -1.81. The highest BCUT2D eigenvalue weighted by molar-refractivity contribution is 9.10. The molecule has 1 N–H and O–H groups in total. The van der Waals surface area contributed by atoms with E-state index in [-0.39, 0.29) is 12.5 Å². The first kappa shape index (κ1) is 16.6. The van der Waals surface area contributed by atoms with Crippen LogP contribution in [0.1, 0.15) is 31.7 Å². The number of halogens is 1. The Labute approximate surface area is 139 Å².